The molecule has 4 rings (SSSR count). The summed E-state index contributed by atoms with van der Waals surface area (Å²) in [6.45, 7) is 1.70. The number of methoxy groups -OCH3 is 1. The van der Waals surface area contributed by atoms with Gasteiger partial charge in [0.05, 0.1) is 13.3 Å². The van der Waals surface area contributed by atoms with Crippen LogP contribution in [0.1, 0.15) is 11.1 Å². The van der Waals surface area contributed by atoms with Crippen molar-refractivity contribution in [2.75, 3.05) is 23.9 Å². The highest BCUT2D eigenvalue weighted by molar-refractivity contribution is 5.57. The second-order valence-corrected chi connectivity index (χ2v) is 5.94. The third-order valence-corrected chi connectivity index (χ3v) is 4.32. The molecule has 0 amide bonds. The van der Waals surface area contributed by atoms with Crippen LogP contribution in [-0.4, -0.2) is 28.8 Å². The number of hydrogen-bond donors (Lipinski definition) is 1. The number of aromatic nitrogens is 3. The van der Waals surface area contributed by atoms with Gasteiger partial charge in [-0.05, 0) is 41.8 Å². The number of nitrogens with zero attached hydrogens (tertiary/aromatic N) is 4. The Bertz CT molecular complexity index is 866. The molecular weight excluding hydrogens is 314 g/mol. The highest BCUT2D eigenvalue weighted by Gasteiger charge is 2.18. The Kier molecular flexibility index (Phi) is 4.16. The van der Waals surface area contributed by atoms with Gasteiger partial charge >= 0.3 is 0 Å². The molecule has 3 aromatic rings. The van der Waals surface area contributed by atoms with E-state index in [1.54, 1.807) is 13.3 Å². The maximum Gasteiger partial charge on any atom is 0.247 e. The summed E-state index contributed by atoms with van der Waals surface area (Å²) < 4.78 is 5.17. The molecule has 1 N–H and O–H groups in total. The van der Waals surface area contributed by atoms with Crippen molar-refractivity contribution in [2.45, 2.75) is 13.0 Å². The summed E-state index contributed by atoms with van der Waals surface area (Å²) in [5.74, 6) is 2.14. The number of hydrogen-bond acceptors (Lipinski definition) is 6. The summed E-state index contributed by atoms with van der Waals surface area (Å²) in [4.78, 5) is 6.78. The molecule has 6 heteroatoms. The summed E-state index contributed by atoms with van der Waals surface area (Å²) in [6, 6.07) is 16.2. The largest absolute Gasteiger partial charge is 0.497 e. The predicted octanol–water partition coefficient (Wildman–Crippen LogP) is 3.19. The van der Waals surface area contributed by atoms with Crippen molar-refractivity contribution in [3.05, 3.63) is 65.9 Å². The normalized spacial score (nSPS) is 13.2. The molecule has 0 saturated heterocycles. The zero-order chi connectivity index (χ0) is 17.1. The highest BCUT2D eigenvalue weighted by atomic mass is 16.5. The van der Waals surface area contributed by atoms with Crippen LogP contribution in [-0.2, 0) is 13.0 Å². The van der Waals surface area contributed by atoms with Crippen molar-refractivity contribution in [3.63, 3.8) is 0 Å². The quantitative estimate of drug-likeness (QED) is 0.791. The van der Waals surface area contributed by atoms with Crippen molar-refractivity contribution >= 4 is 17.5 Å². The second-order valence-electron chi connectivity index (χ2n) is 5.94. The molecule has 2 heterocycles. The van der Waals surface area contributed by atoms with Gasteiger partial charge in [0.1, 0.15) is 5.75 Å². The Morgan fingerprint density at radius 2 is 1.84 bits per heavy atom. The van der Waals surface area contributed by atoms with Gasteiger partial charge in [-0.3, -0.25) is 0 Å². The van der Waals surface area contributed by atoms with Crippen LogP contribution in [0, 0.1) is 0 Å². The smallest absolute Gasteiger partial charge is 0.247 e. The average molecular weight is 333 g/mol. The van der Waals surface area contributed by atoms with E-state index in [1.165, 1.54) is 11.1 Å². The van der Waals surface area contributed by atoms with E-state index in [2.05, 4.69) is 49.7 Å². The number of rotatable bonds is 4. The SMILES string of the molecule is COc1ccc(Nc2cnnc(N3CCc4ccccc4C3)n2)cc1. The summed E-state index contributed by atoms with van der Waals surface area (Å²) in [6.07, 6.45) is 2.63. The molecule has 1 aliphatic heterocycles. The summed E-state index contributed by atoms with van der Waals surface area (Å²) >= 11 is 0. The molecule has 1 aliphatic rings. The second kappa shape index (κ2) is 6.76. The van der Waals surface area contributed by atoms with Crippen molar-refractivity contribution < 1.29 is 4.74 Å². The van der Waals surface area contributed by atoms with Gasteiger partial charge in [-0.1, -0.05) is 24.3 Å². The molecule has 0 radical (unpaired) electrons. The van der Waals surface area contributed by atoms with Gasteiger partial charge in [0, 0.05) is 18.8 Å². The third kappa shape index (κ3) is 3.38. The molecule has 0 spiro atoms. The summed E-state index contributed by atoms with van der Waals surface area (Å²) in [7, 11) is 1.65. The number of fused-ring (bicyclic) bond motifs is 1. The van der Waals surface area contributed by atoms with Gasteiger partial charge in [-0.25, -0.2) is 0 Å². The summed E-state index contributed by atoms with van der Waals surface area (Å²) in [5.41, 5.74) is 3.65. The lowest BCUT2D eigenvalue weighted by Crippen LogP contribution is -2.32. The Hall–Kier alpha value is -3.15. The molecular formula is C19H19N5O. The Balaban J connectivity index is 1.51. The van der Waals surface area contributed by atoms with E-state index >= 15 is 0 Å². The van der Waals surface area contributed by atoms with E-state index in [4.69, 9.17) is 4.74 Å². The van der Waals surface area contributed by atoms with E-state index in [0.29, 0.717) is 11.8 Å². The van der Waals surface area contributed by atoms with Crippen LogP contribution in [0.2, 0.25) is 0 Å². The number of nitrogens with one attached hydrogen (secondary N) is 1. The molecule has 0 atom stereocenters. The maximum absolute atomic E-state index is 5.17. The van der Waals surface area contributed by atoms with Crippen molar-refractivity contribution in [2.24, 2.45) is 0 Å². The van der Waals surface area contributed by atoms with Crippen molar-refractivity contribution in [3.8, 4) is 5.75 Å². The van der Waals surface area contributed by atoms with E-state index in [-0.39, 0.29) is 0 Å². The first kappa shape index (κ1) is 15.4. The van der Waals surface area contributed by atoms with Gasteiger partial charge < -0.3 is 15.0 Å². The highest BCUT2D eigenvalue weighted by Crippen LogP contribution is 2.23. The van der Waals surface area contributed by atoms with Gasteiger partial charge in [0.25, 0.3) is 0 Å². The van der Waals surface area contributed by atoms with Gasteiger partial charge in [0.15, 0.2) is 5.82 Å². The number of ether oxygens (including phenoxy) is 1. The molecule has 6 nitrogen and oxygen atoms in total. The topological polar surface area (TPSA) is 63.2 Å². The zero-order valence-electron chi connectivity index (χ0n) is 14.0. The molecule has 2 aromatic carbocycles. The Labute approximate surface area is 146 Å². The van der Waals surface area contributed by atoms with E-state index < -0.39 is 0 Å². The van der Waals surface area contributed by atoms with Crippen LogP contribution in [0.3, 0.4) is 0 Å². The minimum absolute atomic E-state index is 0.646. The first-order valence-electron chi connectivity index (χ1n) is 8.24. The standard InChI is InChI=1S/C19H19N5O/c1-25-17-8-6-16(7-9-17)21-18-12-20-23-19(22-18)24-11-10-14-4-2-3-5-15(14)13-24/h2-9,12H,10-11,13H2,1H3,(H,21,22,23). The van der Waals surface area contributed by atoms with Gasteiger partial charge in [-0.15, -0.1) is 5.10 Å². The van der Waals surface area contributed by atoms with Gasteiger partial charge in [0.2, 0.25) is 5.95 Å². The average Bonchev–Trinajstić information content (AvgIpc) is 2.68. The molecule has 25 heavy (non-hydrogen) atoms. The van der Waals surface area contributed by atoms with Crippen LogP contribution in [0.15, 0.2) is 54.7 Å². The first-order valence-corrected chi connectivity index (χ1v) is 8.24. The minimum atomic E-state index is 0.646. The fourth-order valence-corrected chi connectivity index (χ4v) is 2.98. The van der Waals surface area contributed by atoms with Gasteiger partial charge in [-0.2, -0.15) is 10.1 Å². The summed E-state index contributed by atoms with van der Waals surface area (Å²) in [5, 5.41) is 11.6. The zero-order valence-corrected chi connectivity index (χ0v) is 14.0. The lowest BCUT2D eigenvalue weighted by atomic mass is 10.0. The minimum Gasteiger partial charge on any atom is -0.497 e. The third-order valence-electron chi connectivity index (χ3n) is 4.32. The van der Waals surface area contributed by atoms with E-state index in [1.807, 2.05) is 24.3 Å². The van der Waals surface area contributed by atoms with E-state index in [9.17, 15) is 0 Å². The number of anilines is 3. The lowest BCUT2D eigenvalue weighted by molar-refractivity contribution is 0.415. The fourth-order valence-electron chi connectivity index (χ4n) is 2.98. The van der Waals surface area contributed by atoms with Crippen molar-refractivity contribution in [1.82, 2.24) is 15.2 Å². The predicted molar refractivity (Wildman–Crippen MR) is 97.3 cm³/mol. The lowest BCUT2D eigenvalue weighted by Gasteiger charge is -2.28. The van der Waals surface area contributed by atoms with Crippen LogP contribution < -0.4 is 15.0 Å². The first-order chi connectivity index (χ1) is 12.3. The molecule has 0 saturated carbocycles. The molecule has 0 bridgehead atoms. The monoisotopic (exact) mass is 333 g/mol. The van der Waals surface area contributed by atoms with Crippen LogP contribution in [0.4, 0.5) is 17.5 Å². The molecule has 0 unspecified atom stereocenters. The Morgan fingerprint density at radius 3 is 2.64 bits per heavy atom. The fraction of sp³-hybridized carbons (Fsp3) is 0.211. The van der Waals surface area contributed by atoms with Crippen LogP contribution in [0.5, 0.6) is 5.75 Å². The molecule has 0 aliphatic carbocycles. The van der Waals surface area contributed by atoms with Crippen LogP contribution >= 0.6 is 0 Å². The Morgan fingerprint density at radius 1 is 1.04 bits per heavy atom. The maximum atomic E-state index is 5.17. The number of benzene rings is 2. The molecule has 1 aromatic heterocycles. The molecule has 0 fully saturated rings. The van der Waals surface area contributed by atoms with Crippen LogP contribution in [0.25, 0.3) is 0 Å². The van der Waals surface area contributed by atoms with Crippen molar-refractivity contribution in [1.29, 1.82) is 0 Å². The molecule has 126 valence electrons. The van der Waals surface area contributed by atoms with E-state index in [0.717, 1.165) is 30.9 Å².